The van der Waals surface area contributed by atoms with Crippen molar-refractivity contribution in [2.24, 2.45) is 0 Å². The standard InChI is InChI=1S/C16H15N3O2/c1-2-15-18-19-16(21-15)12-6-8-14(9-7-12)20-11-13-5-3-4-10-17-13/h3-10H,2,11H2,1H3. The molecule has 3 rings (SSSR count). The van der Waals surface area contributed by atoms with Crippen LogP contribution in [0, 0.1) is 0 Å². The van der Waals surface area contributed by atoms with Gasteiger partial charge in [0.2, 0.25) is 11.8 Å². The number of aryl methyl sites for hydroxylation is 1. The van der Waals surface area contributed by atoms with Crippen molar-refractivity contribution >= 4 is 0 Å². The fraction of sp³-hybridized carbons (Fsp3) is 0.188. The van der Waals surface area contributed by atoms with E-state index in [-0.39, 0.29) is 0 Å². The predicted octanol–water partition coefficient (Wildman–Crippen LogP) is 3.27. The van der Waals surface area contributed by atoms with E-state index in [0.29, 0.717) is 18.4 Å². The highest BCUT2D eigenvalue weighted by molar-refractivity contribution is 5.53. The summed E-state index contributed by atoms with van der Waals surface area (Å²) in [7, 11) is 0. The summed E-state index contributed by atoms with van der Waals surface area (Å²) in [4.78, 5) is 4.21. The van der Waals surface area contributed by atoms with Gasteiger partial charge in [0.15, 0.2) is 0 Å². The summed E-state index contributed by atoms with van der Waals surface area (Å²) in [5.41, 5.74) is 1.78. The van der Waals surface area contributed by atoms with Crippen LogP contribution in [0.2, 0.25) is 0 Å². The van der Waals surface area contributed by atoms with Crippen LogP contribution in [0.3, 0.4) is 0 Å². The number of hydrogen-bond acceptors (Lipinski definition) is 5. The van der Waals surface area contributed by atoms with Crippen LogP contribution < -0.4 is 4.74 Å². The molecule has 106 valence electrons. The van der Waals surface area contributed by atoms with Crippen LogP contribution in [0.25, 0.3) is 11.5 Å². The van der Waals surface area contributed by atoms with Crippen LogP contribution >= 0.6 is 0 Å². The van der Waals surface area contributed by atoms with Crippen molar-refractivity contribution in [3.63, 3.8) is 0 Å². The van der Waals surface area contributed by atoms with Gasteiger partial charge < -0.3 is 9.15 Å². The second-order valence-electron chi connectivity index (χ2n) is 4.49. The van der Waals surface area contributed by atoms with Gasteiger partial charge in [-0.25, -0.2) is 0 Å². The van der Waals surface area contributed by atoms with E-state index in [4.69, 9.17) is 9.15 Å². The van der Waals surface area contributed by atoms with Gasteiger partial charge in [0.25, 0.3) is 0 Å². The zero-order chi connectivity index (χ0) is 14.5. The maximum Gasteiger partial charge on any atom is 0.247 e. The maximum atomic E-state index is 5.68. The Bertz CT molecular complexity index is 693. The molecule has 0 saturated heterocycles. The fourth-order valence-corrected chi connectivity index (χ4v) is 1.85. The molecule has 5 heteroatoms. The molecular weight excluding hydrogens is 266 g/mol. The van der Waals surface area contributed by atoms with Crippen molar-refractivity contribution in [2.75, 3.05) is 0 Å². The van der Waals surface area contributed by atoms with Crippen LogP contribution in [-0.2, 0) is 13.0 Å². The first kappa shape index (κ1) is 13.3. The summed E-state index contributed by atoms with van der Waals surface area (Å²) < 4.78 is 11.2. The molecule has 0 spiro atoms. The maximum absolute atomic E-state index is 5.68. The van der Waals surface area contributed by atoms with E-state index in [9.17, 15) is 0 Å². The molecule has 0 aliphatic heterocycles. The van der Waals surface area contributed by atoms with Crippen molar-refractivity contribution in [3.8, 4) is 17.2 Å². The normalized spacial score (nSPS) is 10.5. The lowest BCUT2D eigenvalue weighted by molar-refractivity contribution is 0.301. The summed E-state index contributed by atoms with van der Waals surface area (Å²) in [6.07, 6.45) is 2.49. The Morgan fingerprint density at radius 2 is 1.90 bits per heavy atom. The fourth-order valence-electron chi connectivity index (χ4n) is 1.85. The Morgan fingerprint density at radius 1 is 1.05 bits per heavy atom. The zero-order valence-electron chi connectivity index (χ0n) is 11.7. The molecule has 0 aliphatic carbocycles. The number of pyridine rings is 1. The van der Waals surface area contributed by atoms with Crippen LogP contribution in [0.1, 0.15) is 18.5 Å². The molecule has 2 heterocycles. The molecule has 0 aliphatic rings. The van der Waals surface area contributed by atoms with Crippen molar-refractivity contribution in [1.29, 1.82) is 0 Å². The Balaban J connectivity index is 1.66. The predicted molar refractivity (Wildman–Crippen MR) is 77.7 cm³/mol. The first-order chi connectivity index (χ1) is 10.3. The molecule has 21 heavy (non-hydrogen) atoms. The quantitative estimate of drug-likeness (QED) is 0.718. The van der Waals surface area contributed by atoms with Crippen LogP contribution in [0.15, 0.2) is 53.1 Å². The second kappa shape index (κ2) is 6.17. The number of hydrogen-bond donors (Lipinski definition) is 0. The van der Waals surface area contributed by atoms with E-state index in [1.165, 1.54) is 0 Å². The Morgan fingerprint density at radius 3 is 2.57 bits per heavy atom. The molecule has 0 unspecified atom stereocenters. The molecule has 0 saturated carbocycles. The number of benzene rings is 1. The topological polar surface area (TPSA) is 61.0 Å². The smallest absolute Gasteiger partial charge is 0.247 e. The van der Waals surface area contributed by atoms with Crippen LogP contribution in [-0.4, -0.2) is 15.2 Å². The minimum atomic E-state index is 0.445. The largest absolute Gasteiger partial charge is 0.487 e. The lowest BCUT2D eigenvalue weighted by atomic mass is 10.2. The molecule has 0 amide bonds. The monoisotopic (exact) mass is 281 g/mol. The zero-order valence-corrected chi connectivity index (χ0v) is 11.7. The van der Waals surface area contributed by atoms with Gasteiger partial charge in [0.05, 0.1) is 5.69 Å². The minimum Gasteiger partial charge on any atom is -0.487 e. The highest BCUT2D eigenvalue weighted by Crippen LogP contribution is 2.21. The van der Waals surface area contributed by atoms with Gasteiger partial charge in [0, 0.05) is 18.2 Å². The molecular formula is C16H15N3O2. The highest BCUT2D eigenvalue weighted by atomic mass is 16.5. The van der Waals surface area contributed by atoms with Gasteiger partial charge in [-0.15, -0.1) is 10.2 Å². The van der Waals surface area contributed by atoms with E-state index in [0.717, 1.165) is 23.4 Å². The van der Waals surface area contributed by atoms with Gasteiger partial charge in [0.1, 0.15) is 12.4 Å². The Kier molecular flexibility index (Phi) is 3.91. The second-order valence-corrected chi connectivity index (χ2v) is 4.49. The third-order valence-corrected chi connectivity index (χ3v) is 2.98. The molecule has 0 radical (unpaired) electrons. The third-order valence-electron chi connectivity index (χ3n) is 2.98. The Hall–Kier alpha value is -2.69. The molecule has 0 atom stereocenters. The number of aromatic nitrogens is 3. The number of rotatable bonds is 5. The lowest BCUT2D eigenvalue weighted by Crippen LogP contribution is -1.97. The molecule has 1 aromatic carbocycles. The highest BCUT2D eigenvalue weighted by Gasteiger charge is 2.07. The van der Waals surface area contributed by atoms with Crippen molar-refractivity contribution in [3.05, 3.63) is 60.2 Å². The van der Waals surface area contributed by atoms with Crippen molar-refractivity contribution in [2.45, 2.75) is 20.0 Å². The summed E-state index contributed by atoms with van der Waals surface area (Å²) in [6, 6.07) is 13.3. The van der Waals surface area contributed by atoms with Crippen molar-refractivity contribution < 1.29 is 9.15 Å². The number of nitrogens with zero attached hydrogens (tertiary/aromatic N) is 3. The first-order valence-corrected chi connectivity index (χ1v) is 6.80. The molecule has 0 fully saturated rings. The number of ether oxygens (including phenoxy) is 1. The summed E-state index contributed by atoms with van der Waals surface area (Å²) in [5.74, 6) is 1.95. The van der Waals surface area contributed by atoms with Gasteiger partial charge in [-0.1, -0.05) is 13.0 Å². The van der Waals surface area contributed by atoms with Crippen LogP contribution in [0.5, 0.6) is 5.75 Å². The Labute approximate surface area is 122 Å². The summed E-state index contributed by atoms with van der Waals surface area (Å²) >= 11 is 0. The van der Waals surface area contributed by atoms with Gasteiger partial charge >= 0.3 is 0 Å². The molecule has 3 aromatic rings. The average Bonchev–Trinajstić information content (AvgIpc) is 3.03. The van der Waals surface area contributed by atoms with E-state index >= 15 is 0 Å². The van der Waals surface area contributed by atoms with E-state index < -0.39 is 0 Å². The SMILES string of the molecule is CCc1nnc(-c2ccc(OCc3ccccn3)cc2)o1. The van der Waals surface area contributed by atoms with Crippen LogP contribution in [0.4, 0.5) is 0 Å². The van der Waals surface area contributed by atoms with E-state index in [1.807, 2.05) is 49.4 Å². The minimum absolute atomic E-state index is 0.445. The average molecular weight is 281 g/mol. The molecule has 2 aromatic heterocycles. The molecule has 0 bridgehead atoms. The molecule has 0 N–H and O–H groups in total. The summed E-state index contributed by atoms with van der Waals surface area (Å²) in [5, 5.41) is 7.97. The van der Waals surface area contributed by atoms with Gasteiger partial charge in [-0.2, -0.15) is 0 Å². The van der Waals surface area contributed by atoms with E-state index in [1.54, 1.807) is 6.20 Å². The first-order valence-electron chi connectivity index (χ1n) is 6.80. The summed E-state index contributed by atoms with van der Waals surface area (Å²) in [6.45, 7) is 2.42. The van der Waals surface area contributed by atoms with Crippen molar-refractivity contribution in [1.82, 2.24) is 15.2 Å². The molecule has 5 nitrogen and oxygen atoms in total. The van der Waals surface area contributed by atoms with E-state index in [2.05, 4.69) is 15.2 Å². The van der Waals surface area contributed by atoms with Gasteiger partial charge in [-0.3, -0.25) is 4.98 Å². The lowest BCUT2D eigenvalue weighted by Gasteiger charge is -2.05. The third kappa shape index (κ3) is 3.25. The van der Waals surface area contributed by atoms with Gasteiger partial charge in [-0.05, 0) is 36.4 Å².